The second-order valence-electron chi connectivity index (χ2n) is 6.07. The van der Waals surface area contributed by atoms with Crippen LogP contribution in [0.15, 0.2) is 5.38 Å². The summed E-state index contributed by atoms with van der Waals surface area (Å²) >= 11 is 1.69. The Labute approximate surface area is 117 Å². The van der Waals surface area contributed by atoms with Gasteiger partial charge in [0.25, 0.3) is 0 Å². The highest BCUT2D eigenvalue weighted by Gasteiger charge is 2.19. The van der Waals surface area contributed by atoms with Crippen molar-refractivity contribution in [3.05, 3.63) is 21.8 Å². The Bertz CT molecular complexity index is 562. The van der Waals surface area contributed by atoms with E-state index >= 15 is 0 Å². The minimum Gasteiger partial charge on any atom is -0.381 e. The van der Waals surface area contributed by atoms with Gasteiger partial charge in [0.1, 0.15) is 0 Å². The van der Waals surface area contributed by atoms with Crippen molar-refractivity contribution in [3.63, 3.8) is 0 Å². The van der Waals surface area contributed by atoms with Gasteiger partial charge < -0.3 is 5.73 Å². The Morgan fingerprint density at radius 2 is 2.05 bits per heavy atom. The fourth-order valence-corrected chi connectivity index (χ4v) is 2.82. The number of hydrogen-bond acceptors (Lipinski definition) is 5. The van der Waals surface area contributed by atoms with Crippen LogP contribution in [0, 0.1) is 0 Å². The fraction of sp³-hybridized carbons (Fsp3) is 0.615. The molecular formula is C13H21N5S. The Morgan fingerprint density at radius 1 is 1.37 bits per heavy atom. The van der Waals surface area contributed by atoms with E-state index in [0.717, 1.165) is 16.4 Å². The molecule has 0 fully saturated rings. The number of nitrogens with zero attached hydrogens (tertiary/aromatic N) is 4. The van der Waals surface area contributed by atoms with E-state index in [9.17, 15) is 0 Å². The lowest BCUT2D eigenvalue weighted by molar-refractivity contribution is 0.567. The number of rotatable bonds is 3. The third-order valence-corrected chi connectivity index (χ3v) is 4.17. The molecule has 2 N–H and O–H groups in total. The van der Waals surface area contributed by atoms with Crippen LogP contribution in [0.4, 0.5) is 5.82 Å². The summed E-state index contributed by atoms with van der Waals surface area (Å²) in [6, 6.07) is 0. The number of thiazole rings is 1. The third kappa shape index (κ3) is 2.94. The number of nitrogen functional groups attached to an aromatic ring is 1. The van der Waals surface area contributed by atoms with Crippen LogP contribution in [0.2, 0.25) is 0 Å². The van der Waals surface area contributed by atoms with Crippen molar-refractivity contribution >= 4 is 17.2 Å². The molecule has 19 heavy (non-hydrogen) atoms. The summed E-state index contributed by atoms with van der Waals surface area (Å²) in [4.78, 5) is 4.68. The molecule has 2 heterocycles. The summed E-state index contributed by atoms with van der Waals surface area (Å²) < 4.78 is 1.85. The van der Waals surface area contributed by atoms with Crippen molar-refractivity contribution in [2.75, 3.05) is 5.73 Å². The first-order valence-corrected chi connectivity index (χ1v) is 7.30. The van der Waals surface area contributed by atoms with Crippen LogP contribution in [0.1, 0.15) is 56.9 Å². The molecule has 2 aromatic rings. The van der Waals surface area contributed by atoms with Crippen LogP contribution in [0.5, 0.6) is 0 Å². The van der Waals surface area contributed by atoms with Gasteiger partial charge in [0, 0.05) is 10.8 Å². The number of nitrogens with two attached hydrogens (primary N) is 1. The van der Waals surface area contributed by atoms with E-state index in [1.807, 2.05) is 4.68 Å². The molecule has 0 saturated carbocycles. The van der Waals surface area contributed by atoms with Crippen molar-refractivity contribution in [1.29, 1.82) is 0 Å². The maximum absolute atomic E-state index is 5.86. The normalized spacial score (nSPS) is 12.3. The maximum Gasteiger partial charge on any atom is 0.169 e. The van der Waals surface area contributed by atoms with Crippen LogP contribution < -0.4 is 5.73 Å². The van der Waals surface area contributed by atoms with E-state index < -0.39 is 0 Å². The average molecular weight is 279 g/mol. The summed E-state index contributed by atoms with van der Waals surface area (Å²) in [7, 11) is 0. The van der Waals surface area contributed by atoms with E-state index in [1.165, 1.54) is 0 Å². The van der Waals surface area contributed by atoms with E-state index in [4.69, 9.17) is 5.73 Å². The molecule has 0 bridgehead atoms. The average Bonchev–Trinajstić information content (AvgIpc) is 2.85. The van der Waals surface area contributed by atoms with Crippen molar-refractivity contribution in [1.82, 2.24) is 20.0 Å². The Kier molecular flexibility index (Phi) is 3.62. The molecule has 0 saturated heterocycles. The van der Waals surface area contributed by atoms with Gasteiger partial charge in [0.15, 0.2) is 5.82 Å². The van der Waals surface area contributed by atoms with E-state index in [2.05, 4.69) is 55.3 Å². The third-order valence-electron chi connectivity index (χ3n) is 2.85. The number of anilines is 1. The summed E-state index contributed by atoms with van der Waals surface area (Å²) in [5, 5.41) is 11.3. The quantitative estimate of drug-likeness (QED) is 0.938. The second kappa shape index (κ2) is 4.92. The second-order valence-corrected chi connectivity index (χ2v) is 6.92. The molecule has 0 amide bonds. The molecule has 0 spiro atoms. The van der Waals surface area contributed by atoms with Gasteiger partial charge in [-0.2, -0.15) is 0 Å². The van der Waals surface area contributed by atoms with Crippen LogP contribution in [-0.2, 0) is 12.0 Å². The smallest absolute Gasteiger partial charge is 0.169 e. The summed E-state index contributed by atoms with van der Waals surface area (Å²) in [5.74, 6) is 0.817. The molecule has 2 aromatic heterocycles. The lowest BCUT2D eigenvalue weighted by atomic mass is 9.98. The van der Waals surface area contributed by atoms with Crippen LogP contribution in [-0.4, -0.2) is 20.0 Å². The van der Waals surface area contributed by atoms with Gasteiger partial charge in [-0.15, -0.1) is 16.4 Å². The molecule has 0 atom stereocenters. The molecule has 0 aliphatic rings. The molecule has 104 valence electrons. The minimum atomic E-state index is 0.0885. The predicted molar refractivity (Wildman–Crippen MR) is 78.4 cm³/mol. The monoisotopic (exact) mass is 279 g/mol. The van der Waals surface area contributed by atoms with Crippen LogP contribution in [0.3, 0.4) is 0 Å². The highest BCUT2D eigenvalue weighted by molar-refractivity contribution is 7.09. The van der Waals surface area contributed by atoms with Gasteiger partial charge in [-0.1, -0.05) is 39.8 Å². The van der Waals surface area contributed by atoms with Crippen molar-refractivity contribution in [2.24, 2.45) is 0 Å². The molecule has 0 aliphatic carbocycles. The van der Waals surface area contributed by atoms with Crippen molar-refractivity contribution < 1.29 is 0 Å². The van der Waals surface area contributed by atoms with Gasteiger partial charge in [0.05, 0.1) is 22.9 Å². The molecular weight excluding hydrogens is 258 g/mol. The number of aromatic nitrogens is 4. The Morgan fingerprint density at radius 3 is 2.58 bits per heavy atom. The fourth-order valence-electron chi connectivity index (χ4n) is 1.92. The summed E-state index contributed by atoms with van der Waals surface area (Å²) in [6.45, 7) is 11.3. The Hall–Kier alpha value is -1.43. The zero-order chi connectivity index (χ0) is 14.2. The lowest BCUT2D eigenvalue weighted by Gasteiger charge is -2.13. The molecule has 0 aromatic carbocycles. The molecule has 0 unspecified atom stereocenters. The zero-order valence-corrected chi connectivity index (χ0v) is 13.0. The van der Waals surface area contributed by atoms with Gasteiger partial charge in [0.2, 0.25) is 0 Å². The first-order chi connectivity index (χ1) is 8.79. The minimum absolute atomic E-state index is 0.0885. The van der Waals surface area contributed by atoms with Crippen molar-refractivity contribution in [3.8, 4) is 0 Å². The topological polar surface area (TPSA) is 69.6 Å². The molecule has 0 radical (unpaired) electrons. The van der Waals surface area contributed by atoms with E-state index in [0.29, 0.717) is 18.3 Å². The molecule has 5 nitrogen and oxygen atoms in total. The van der Waals surface area contributed by atoms with Crippen LogP contribution >= 0.6 is 11.3 Å². The van der Waals surface area contributed by atoms with Crippen LogP contribution in [0.25, 0.3) is 0 Å². The maximum atomic E-state index is 5.86. The summed E-state index contributed by atoms with van der Waals surface area (Å²) in [6.07, 6.45) is 0. The molecule has 2 rings (SSSR count). The van der Waals surface area contributed by atoms with Gasteiger partial charge in [-0.25, -0.2) is 9.67 Å². The van der Waals surface area contributed by atoms with Gasteiger partial charge >= 0.3 is 0 Å². The first kappa shape index (κ1) is 14.0. The molecule has 6 heteroatoms. The largest absolute Gasteiger partial charge is 0.381 e. The summed E-state index contributed by atoms with van der Waals surface area (Å²) in [5.41, 5.74) is 7.94. The predicted octanol–water partition coefficient (Wildman–Crippen LogP) is 2.79. The van der Waals surface area contributed by atoms with Gasteiger partial charge in [-0.3, -0.25) is 0 Å². The number of hydrogen-bond donors (Lipinski definition) is 1. The SMILES string of the molecule is CC(C)c1c(N)nnn1Cc1csc(C(C)(C)C)n1. The highest BCUT2D eigenvalue weighted by atomic mass is 32.1. The lowest BCUT2D eigenvalue weighted by Crippen LogP contribution is -2.12. The first-order valence-electron chi connectivity index (χ1n) is 6.42. The molecule has 0 aliphatic heterocycles. The van der Waals surface area contributed by atoms with E-state index in [1.54, 1.807) is 11.3 Å². The zero-order valence-electron chi connectivity index (χ0n) is 12.1. The van der Waals surface area contributed by atoms with Gasteiger partial charge in [-0.05, 0) is 5.92 Å². The Balaban J connectivity index is 2.25. The van der Waals surface area contributed by atoms with Crippen molar-refractivity contribution in [2.45, 2.75) is 52.5 Å². The highest BCUT2D eigenvalue weighted by Crippen LogP contribution is 2.26. The standard InChI is InChI=1S/C13H21N5S/c1-8(2)10-11(14)16-17-18(10)6-9-7-19-12(15-9)13(3,4)5/h7-8H,6,14H2,1-5H3. The van der Waals surface area contributed by atoms with E-state index in [-0.39, 0.29) is 5.41 Å².